The smallest absolute Gasteiger partial charge is 0.244 e. The Labute approximate surface area is 150 Å². The van der Waals surface area contributed by atoms with Gasteiger partial charge >= 0.3 is 0 Å². The fourth-order valence-corrected chi connectivity index (χ4v) is 4.21. The number of hydrogen-bond acceptors (Lipinski definition) is 6. The van der Waals surface area contributed by atoms with Crippen molar-refractivity contribution in [2.24, 2.45) is 0 Å². The number of methoxy groups -OCH3 is 1. The van der Waals surface area contributed by atoms with Crippen LogP contribution in [0.15, 0.2) is 39.9 Å². The van der Waals surface area contributed by atoms with Crippen molar-refractivity contribution in [2.75, 3.05) is 26.9 Å². The van der Waals surface area contributed by atoms with Gasteiger partial charge in [0.15, 0.2) is 0 Å². The van der Waals surface area contributed by atoms with Crippen molar-refractivity contribution in [1.82, 2.24) is 4.72 Å². The Morgan fingerprint density at radius 2 is 2.17 bits per heavy atom. The van der Waals surface area contributed by atoms with Gasteiger partial charge in [0.25, 0.3) is 0 Å². The first-order chi connectivity index (χ1) is 11.5. The maximum atomic E-state index is 12.6. The Kier molecular flexibility index (Phi) is 7.02. The molecule has 0 aliphatic heterocycles. The van der Waals surface area contributed by atoms with Crippen LogP contribution < -0.4 is 9.46 Å². The molecule has 0 fully saturated rings. The summed E-state index contributed by atoms with van der Waals surface area (Å²) in [4.78, 5) is -0.0382. The van der Waals surface area contributed by atoms with Crippen molar-refractivity contribution < 1.29 is 23.0 Å². The molecule has 0 radical (unpaired) electrons. The summed E-state index contributed by atoms with van der Waals surface area (Å²) in [6.07, 6.45) is -0.497. The quantitative estimate of drug-likeness (QED) is 0.685. The van der Waals surface area contributed by atoms with Crippen LogP contribution in [0.3, 0.4) is 0 Å². The molecular weight excluding hydrogens is 374 g/mol. The fraction of sp³-hybridized carbons (Fsp3) is 0.333. The van der Waals surface area contributed by atoms with Crippen molar-refractivity contribution in [2.45, 2.75) is 11.0 Å². The molecule has 0 saturated heterocycles. The fourth-order valence-electron chi connectivity index (χ4n) is 2.05. The number of hydrogen-bond donors (Lipinski definition) is 2. The molecule has 1 aromatic heterocycles. The molecule has 0 spiro atoms. The lowest BCUT2D eigenvalue weighted by Gasteiger charge is -2.18. The van der Waals surface area contributed by atoms with E-state index in [1.807, 2.05) is 16.8 Å². The molecule has 9 heteroatoms. The topological polar surface area (TPSA) is 84.9 Å². The normalized spacial score (nSPS) is 13.0. The monoisotopic (exact) mass is 391 g/mol. The minimum atomic E-state index is -3.84. The molecule has 2 aromatic rings. The first-order valence-corrected chi connectivity index (χ1v) is 9.86. The molecule has 0 aliphatic rings. The highest BCUT2D eigenvalue weighted by Crippen LogP contribution is 2.27. The third kappa shape index (κ3) is 4.92. The van der Waals surface area contributed by atoms with Crippen molar-refractivity contribution in [1.29, 1.82) is 0 Å². The molecule has 1 aromatic carbocycles. The number of nitrogens with one attached hydrogen (secondary N) is 1. The van der Waals surface area contributed by atoms with Gasteiger partial charge in [-0.1, -0.05) is 11.6 Å². The average molecular weight is 392 g/mol. The van der Waals surface area contributed by atoms with E-state index in [1.165, 1.54) is 30.6 Å². The molecule has 6 nitrogen and oxygen atoms in total. The summed E-state index contributed by atoms with van der Waals surface area (Å²) in [5.41, 5.74) is 0.842. The van der Waals surface area contributed by atoms with Crippen LogP contribution in [-0.4, -0.2) is 40.4 Å². The molecule has 0 amide bonds. The second kappa shape index (κ2) is 8.80. The van der Waals surface area contributed by atoms with Crippen molar-refractivity contribution in [3.63, 3.8) is 0 Å². The van der Waals surface area contributed by atoms with Gasteiger partial charge in [-0.15, -0.1) is 0 Å². The number of halogens is 1. The predicted octanol–water partition coefficient (Wildman–Crippen LogP) is 2.44. The zero-order valence-electron chi connectivity index (χ0n) is 12.9. The molecule has 1 heterocycles. The van der Waals surface area contributed by atoms with Crippen LogP contribution in [-0.2, 0) is 14.8 Å². The first-order valence-electron chi connectivity index (χ1n) is 7.05. The third-order valence-corrected chi connectivity index (χ3v) is 5.58. The SMILES string of the molecule is COc1ccc(Cl)cc1S(=O)(=O)NC[C@H](OCCO)c1ccsc1. The summed E-state index contributed by atoms with van der Waals surface area (Å²) < 4.78 is 38.2. The Morgan fingerprint density at radius 1 is 1.38 bits per heavy atom. The predicted molar refractivity (Wildman–Crippen MR) is 93.3 cm³/mol. The van der Waals surface area contributed by atoms with Gasteiger partial charge in [0.1, 0.15) is 10.6 Å². The van der Waals surface area contributed by atoms with E-state index in [9.17, 15) is 8.42 Å². The highest BCUT2D eigenvalue weighted by atomic mass is 35.5. The summed E-state index contributed by atoms with van der Waals surface area (Å²) >= 11 is 7.38. The Balaban J connectivity index is 2.17. The summed E-state index contributed by atoms with van der Waals surface area (Å²) in [5.74, 6) is 0.204. The van der Waals surface area contributed by atoms with Crippen LogP contribution >= 0.6 is 22.9 Å². The molecule has 0 bridgehead atoms. The average Bonchev–Trinajstić information content (AvgIpc) is 3.09. The molecule has 132 valence electrons. The van der Waals surface area contributed by atoms with E-state index in [1.54, 1.807) is 6.07 Å². The zero-order chi connectivity index (χ0) is 17.6. The van der Waals surface area contributed by atoms with Crippen molar-refractivity contribution >= 4 is 33.0 Å². The van der Waals surface area contributed by atoms with E-state index in [0.29, 0.717) is 5.02 Å². The minimum absolute atomic E-state index is 0.0226. The van der Waals surface area contributed by atoms with E-state index in [-0.39, 0.29) is 30.4 Å². The van der Waals surface area contributed by atoms with E-state index >= 15 is 0 Å². The number of thiophene rings is 1. The number of ether oxygens (including phenoxy) is 2. The molecule has 0 unspecified atom stereocenters. The van der Waals surface area contributed by atoms with Crippen LogP contribution in [0.4, 0.5) is 0 Å². The number of sulfonamides is 1. The van der Waals surface area contributed by atoms with Gasteiger partial charge in [-0.3, -0.25) is 0 Å². The van der Waals surface area contributed by atoms with Gasteiger partial charge in [0, 0.05) is 11.6 Å². The molecule has 24 heavy (non-hydrogen) atoms. The van der Waals surface area contributed by atoms with E-state index in [0.717, 1.165) is 5.56 Å². The maximum Gasteiger partial charge on any atom is 0.244 e. The van der Waals surface area contributed by atoms with Gasteiger partial charge in [-0.05, 0) is 40.6 Å². The van der Waals surface area contributed by atoms with Gasteiger partial charge in [-0.25, -0.2) is 13.1 Å². The molecule has 0 saturated carbocycles. The van der Waals surface area contributed by atoms with Crippen molar-refractivity contribution in [3.8, 4) is 5.75 Å². The van der Waals surface area contributed by atoms with Crippen molar-refractivity contribution in [3.05, 3.63) is 45.6 Å². The number of aliphatic hydroxyl groups excluding tert-OH is 1. The maximum absolute atomic E-state index is 12.6. The lowest BCUT2D eigenvalue weighted by molar-refractivity contribution is 0.0311. The van der Waals surface area contributed by atoms with Crippen LogP contribution in [0.25, 0.3) is 0 Å². The molecule has 0 aliphatic carbocycles. The minimum Gasteiger partial charge on any atom is -0.495 e. The summed E-state index contributed by atoms with van der Waals surface area (Å²) in [6, 6.07) is 6.23. The van der Waals surface area contributed by atoms with Gasteiger partial charge < -0.3 is 14.6 Å². The number of benzene rings is 1. The molecule has 1 atom stereocenters. The lowest BCUT2D eigenvalue weighted by atomic mass is 10.2. The number of aliphatic hydroxyl groups is 1. The highest BCUT2D eigenvalue weighted by Gasteiger charge is 2.22. The Hall–Kier alpha value is -1.16. The first kappa shape index (κ1) is 19.2. The van der Waals surface area contributed by atoms with Gasteiger partial charge in [-0.2, -0.15) is 11.3 Å². The zero-order valence-corrected chi connectivity index (χ0v) is 15.3. The second-order valence-electron chi connectivity index (χ2n) is 4.79. The van der Waals surface area contributed by atoms with Crippen LogP contribution in [0.2, 0.25) is 5.02 Å². The summed E-state index contributed by atoms with van der Waals surface area (Å²) in [7, 11) is -2.45. The van der Waals surface area contributed by atoms with Gasteiger partial charge in [0.05, 0.1) is 26.4 Å². The Bertz CT molecular complexity index is 749. The molecular formula is C15H18ClNO5S2. The Morgan fingerprint density at radius 3 is 2.79 bits per heavy atom. The van der Waals surface area contributed by atoms with E-state index in [2.05, 4.69) is 4.72 Å². The second-order valence-corrected chi connectivity index (χ2v) is 7.74. The third-order valence-electron chi connectivity index (χ3n) is 3.20. The van der Waals surface area contributed by atoms with E-state index < -0.39 is 16.1 Å². The van der Waals surface area contributed by atoms with Crippen LogP contribution in [0.5, 0.6) is 5.75 Å². The number of rotatable bonds is 9. The molecule has 2 rings (SSSR count). The molecule has 2 N–H and O–H groups in total. The summed E-state index contributed by atoms with van der Waals surface area (Å²) in [6.45, 7) is -0.00698. The van der Waals surface area contributed by atoms with E-state index in [4.69, 9.17) is 26.2 Å². The van der Waals surface area contributed by atoms with Crippen LogP contribution in [0.1, 0.15) is 11.7 Å². The lowest BCUT2D eigenvalue weighted by Crippen LogP contribution is -2.30. The van der Waals surface area contributed by atoms with Crippen LogP contribution in [0, 0.1) is 0 Å². The largest absolute Gasteiger partial charge is 0.495 e. The summed E-state index contributed by atoms with van der Waals surface area (Å²) in [5, 5.41) is 13.0. The highest BCUT2D eigenvalue weighted by molar-refractivity contribution is 7.89. The van der Waals surface area contributed by atoms with Gasteiger partial charge in [0.2, 0.25) is 10.0 Å². The standard InChI is InChI=1S/C15H18ClNO5S2/c1-21-13-3-2-12(16)8-15(13)24(19,20)17-9-14(22-6-5-18)11-4-7-23-10-11/h2-4,7-8,10,14,17-18H,5-6,9H2,1H3/t14-/m0/s1.